The van der Waals surface area contributed by atoms with Gasteiger partial charge in [0.2, 0.25) is 5.88 Å². The monoisotopic (exact) mass is 471 g/mol. The molecule has 3 aliphatic rings. The summed E-state index contributed by atoms with van der Waals surface area (Å²) in [6.45, 7) is 3.29. The van der Waals surface area contributed by atoms with Gasteiger partial charge in [0.15, 0.2) is 5.11 Å². The Morgan fingerprint density at radius 3 is 2.81 bits per heavy atom. The van der Waals surface area contributed by atoms with Crippen molar-refractivity contribution in [2.24, 2.45) is 5.92 Å². The Labute approximate surface area is 197 Å². The number of benzene rings is 1. The van der Waals surface area contributed by atoms with Crippen molar-refractivity contribution in [2.45, 2.75) is 57.5 Å². The van der Waals surface area contributed by atoms with Crippen molar-refractivity contribution in [1.29, 1.82) is 5.26 Å². The number of imidazole rings is 1. The average Bonchev–Trinajstić information content (AvgIpc) is 3.47. The lowest BCUT2D eigenvalue weighted by molar-refractivity contribution is 0.320. The third kappa shape index (κ3) is 3.22. The zero-order chi connectivity index (χ0) is 22.6. The quantitative estimate of drug-likeness (QED) is 0.659. The molecule has 1 saturated carbocycles. The molecule has 2 aliphatic heterocycles. The number of aromatic nitrogens is 2. The normalized spacial score (nSPS) is 22.1. The van der Waals surface area contributed by atoms with Crippen LogP contribution in [0.1, 0.15) is 67.4 Å². The first kappa shape index (κ1) is 21.4. The third-order valence-corrected chi connectivity index (χ3v) is 8.17. The minimum atomic E-state index is -0.283. The van der Waals surface area contributed by atoms with Crippen LogP contribution in [0.4, 0.5) is 0 Å². The zero-order valence-electron chi connectivity index (χ0n) is 18.0. The van der Waals surface area contributed by atoms with Gasteiger partial charge in [0, 0.05) is 13.1 Å². The lowest BCUT2D eigenvalue weighted by Gasteiger charge is -2.31. The Kier molecular flexibility index (Phi) is 5.42. The van der Waals surface area contributed by atoms with Crippen LogP contribution in [0.2, 0.25) is 5.02 Å². The summed E-state index contributed by atoms with van der Waals surface area (Å²) in [7, 11) is 0. The molecule has 2 bridgehead atoms. The maximum atomic E-state index is 13.3. The van der Waals surface area contributed by atoms with E-state index in [1.807, 2.05) is 6.07 Å². The van der Waals surface area contributed by atoms with E-state index < -0.39 is 0 Å². The molecule has 9 heteroatoms. The van der Waals surface area contributed by atoms with E-state index in [-0.39, 0.29) is 23.7 Å². The van der Waals surface area contributed by atoms with Gasteiger partial charge < -0.3 is 15.3 Å². The molecule has 1 aliphatic carbocycles. The maximum Gasteiger partial charge on any atom is 0.336 e. The molecule has 2 aromatic rings. The second-order valence-corrected chi connectivity index (χ2v) is 9.89. The van der Waals surface area contributed by atoms with Gasteiger partial charge in [-0.2, -0.15) is 5.26 Å². The Morgan fingerprint density at radius 2 is 2.09 bits per heavy atom. The molecule has 1 unspecified atom stereocenters. The second kappa shape index (κ2) is 8.13. The summed E-state index contributed by atoms with van der Waals surface area (Å²) in [5.74, 6) is 0.587. The van der Waals surface area contributed by atoms with Gasteiger partial charge in [0.05, 0.1) is 28.4 Å². The van der Waals surface area contributed by atoms with Crippen LogP contribution in [0.3, 0.4) is 0 Å². The number of rotatable bonds is 3. The highest BCUT2D eigenvalue weighted by Crippen LogP contribution is 2.48. The smallest absolute Gasteiger partial charge is 0.336 e. The molecule has 2 N–H and O–H groups in total. The number of halogens is 1. The largest absolute Gasteiger partial charge is 0.493 e. The highest BCUT2D eigenvalue weighted by atomic mass is 35.5. The highest BCUT2D eigenvalue weighted by Gasteiger charge is 2.48. The van der Waals surface area contributed by atoms with Crippen molar-refractivity contribution in [2.75, 3.05) is 13.1 Å². The first-order chi connectivity index (χ1) is 15.4. The fraction of sp³-hybridized carbons (Fsp3) is 0.522. The average molecular weight is 472 g/mol. The van der Waals surface area contributed by atoms with Crippen LogP contribution in [0, 0.1) is 24.2 Å². The number of likely N-dealkylation sites (tertiary alicyclic amines) is 1. The molecule has 1 aromatic carbocycles. The second-order valence-electron chi connectivity index (χ2n) is 9.13. The van der Waals surface area contributed by atoms with E-state index in [0.717, 1.165) is 13.0 Å². The highest BCUT2D eigenvalue weighted by molar-refractivity contribution is 7.80. The Morgan fingerprint density at radius 1 is 1.34 bits per heavy atom. The molecule has 0 amide bonds. The molecule has 3 heterocycles. The van der Waals surface area contributed by atoms with E-state index in [1.54, 1.807) is 23.6 Å². The van der Waals surface area contributed by atoms with Gasteiger partial charge in [-0.3, -0.25) is 4.57 Å². The number of hydrogen-bond acceptors (Lipinski definition) is 4. The number of nitriles is 1. The third-order valence-electron chi connectivity index (χ3n) is 7.30. The fourth-order valence-corrected chi connectivity index (χ4v) is 6.10. The minimum Gasteiger partial charge on any atom is -0.493 e. The SMILES string of the molecule is Cc1c(-n2c(O)c3n(c2=O)[C@@H]2CC3N(C(=S)NCC3CCCCC3)C2)ccc(C#N)c1Cl. The molecule has 168 valence electrons. The van der Waals surface area contributed by atoms with Gasteiger partial charge in [-0.15, -0.1) is 0 Å². The molecule has 5 rings (SSSR count). The lowest BCUT2D eigenvalue weighted by atomic mass is 9.89. The maximum absolute atomic E-state index is 13.3. The molecule has 0 radical (unpaired) electrons. The van der Waals surface area contributed by atoms with Gasteiger partial charge in [0.25, 0.3) is 0 Å². The van der Waals surface area contributed by atoms with E-state index >= 15 is 0 Å². The van der Waals surface area contributed by atoms with Crippen molar-refractivity contribution >= 4 is 28.9 Å². The van der Waals surface area contributed by atoms with Gasteiger partial charge in [0.1, 0.15) is 11.8 Å². The van der Waals surface area contributed by atoms with Crippen LogP contribution in [0.25, 0.3) is 5.69 Å². The van der Waals surface area contributed by atoms with E-state index in [2.05, 4.69) is 10.2 Å². The summed E-state index contributed by atoms with van der Waals surface area (Å²) >= 11 is 12.0. The van der Waals surface area contributed by atoms with Gasteiger partial charge in [-0.25, -0.2) is 9.36 Å². The summed E-state index contributed by atoms with van der Waals surface area (Å²) in [4.78, 5) is 15.4. The van der Waals surface area contributed by atoms with E-state index in [0.29, 0.717) is 45.1 Å². The molecule has 32 heavy (non-hydrogen) atoms. The van der Waals surface area contributed by atoms with Gasteiger partial charge >= 0.3 is 5.69 Å². The van der Waals surface area contributed by atoms with E-state index in [4.69, 9.17) is 23.8 Å². The van der Waals surface area contributed by atoms with Crippen LogP contribution in [-0.4, -0.2) is 37.3 Å². The fourth-order valence-electron chi connectivity index (χ4n) is 5.62. The van der Waals surface area contributed by atoms with E-state index in [1.165, 1.54) is 36.7 Å². The Bertz CT molecular complexity index is 1190. The number of fused-ring (bicyclic) bond motifs is 5. The summed E-state index contributed by atoms with van der Waals surface area (Å²) in [5, 5.41) is 24.8. The van der Waals surface area contributed by atoms with E-state index in [9.17, 15) is 15.2 Å². The van der Waals surface area contributed by atoms with Crippen LogP contribution in [0.5, 0.6) is 5.88 Å². The summed E-state index contributed by atoms with van der Waals surface area (Å²) in [5.41, 5.74) is 1.74. The van der Waals surface area contributed by atoms with Crippen LogP contribution >= 0.6 is 23.8 Å². The summed E-state index contributed by atoms with van der Waals surface area (Å²) in [6.07, 6.45) is 7.17. The number of hydrogen-bond donors (Lipinski definition) is 2. The van der Waals surface area contributed by atoms with Gasteiger partial charge in [-0.1, -0.05) is 30.9 Å². The van der Waals surface area contributed by atoms with Crippen molar-refractivity contribution in [3.8, 4) is 17.6 Å². The lowest BCUT2D eigenvalue weighted by Crippen LogP contribution is -2.44. The first-order valence-electron chi connectivity index (χ1n) is 11.2. The summed E-state index contributed by atoms with van der Waals surface area (Å²) < 4.78 is 3.00. The van der Waals surface area contributed by atoms with Gasteiger partial charge in [-0.05, 0) is 62.0 Å². The number of thiocarbonyl (C=S) groups is 1. The minimum absolute atomic E-state index is 0.0294. The number of aromatic hydroxyl groups is 1. The number of nitrogens with one attached hydrogen (secondary N) is 1. The molecular formula is C23H26ClN5O2S. The molecule has 2 atom stereocenters. The topological polar surface area (TPSA) is 86.2 Å². The van der Waals surface area contributed by atoms with Crippen molar-refractivity contribution in [3.63, 3.8) is 0 Å². The predicted octanol–water partition coefficient (Wildman–Crippen LogP) is 3.93. The molecule has 7 nitrogen and oxygen atoms in total. The molecule has 1 saturated heterocycles. The zero-order valence-corrected chi connectivity index (χ0v) is 19.5. The molecule has 1 aromatic heterocycles. The molecule has 2 fully saturated rings. The molecule has 0 spiro atoms. The Hall–Kier alpha value is -2.50. The predicted molar refractivity (Wildman–Crippen MR) is 126 cm³/mol. The summed E-state index contributed by atoms with van der Waals surface area (Å²) in [6, 6.07) is 5.12. The number of nitrogens with zero attached hydrogens (tertiary/aromatic N) is 4. The standard InChI is InChI=1S/C23H26ClN5O2S/c1-13-17(8-7-15(10-25)19(13)24)29-21(30)20-18-9-16(28(20)23(29)31)12-27(18)22(32)26-11-14-5-3-2-4-6-14/h7-8,14,16,18,30H,2-6,9,11-12H2,1H3,(H,26,32)/t16-,18?/m1/s1. The Balaban J connectivity index is 1.43. The van der Waals surface area contributed by atoms with Crippen LogP contribution in [0.15, 0.2) is 16.9 Å². The molecular weight excluding hydrogens is 446 g/mol. The van der Waals surface area contributed by atoms with Crippen LogP contribution in [-0.2, 0) is 0 Å². The first-order valence-corrected chi connectivity index (χ1v) is 12.0. The van der Waals surface area contributed by atoms with Crippen molar-refractivity contribution in [3.05, 3.63) is 44.5 Å². The van der Waals surface area contributed by atoms with Crippen molar-refractivity contribution < 1.29 is 5.11 Å². The van der Waals surface area contributed by atoms with Crippen LogP contribution < -0.4 is 11.0 Å². The van der Waals surface area contributed by atoms with Crippen molar-refractivity contribution in [1.82, 2.24) is 19.4 Å².